The Labute approximate surface area is 120 Å². The van der Waals surface area contributed by atoms with Gasteiger partial charge in [0.2, 0.25) is 5.91 Å². The molecule has 104 valence electrons. The molecule has 2 heteroatoms. The van der Waals surface area contributed by atoms with E-state index in [-0.39, 0.29) is 17.9 Å². The maximum Gasteiger partial charge on any atom is 0.221 e. The first-order valence-corrected chi connectivity index (χ1v) is 7.06. The number of benzene rings is 2. The van der Waals surface area contributed by atoms with Gasteiger partial charge in [-0.1, -0.05) is 67.6 Å². The van der Waals surface area contributed by atoms with Gasteiger partial charge in [-0.15, -0.1) is 0 Å². The molecule has 0 radical (unpaired) electrons. The fourth-order valence-corrected chi connectivity index (χ4v) is 2.30. The second kappa shape index (κ2) is 6.90. The topological polar surface area (TPSA) is 29.1 Å². The van der Waals surface area contributed by atoms with E-state index in [1.54, 1.807) is 0 Å². The van der Waals surface area contributed by atoms with Crippen LogP contribution in [0.3, 0.4) is 0 Å². The minimum absolute atomic E-state index is 0.0478. The van der Waals surface area contributed by atoms with Gasteiger partial charge >= 0.3 is 0 Å². The van der Waals surface area contributed by atoms with E-state index in [4.69, 9.17) is 0 Å². The van der Waals surface area contributed by atoms with Gasteiger partial charge < -0.3 is 5.32 Å². The average Bonchev–Trinajstić information content (AvgIpc) is 2.49. The average molecular weight is 267 g/mol. The highest BCUT2D eigenvalue weighted by Crippen LogP contribution is 2.19. The normalized spacial score (nSPS) is 13.5. The molecule has 2 aromatic rings. The van der Waals surface area contributed by atoms with Gasteiger partial charge in [0.1, 0.15) is 0 Å². The van der Waals surface area contributed by atoms with Crippen molar-refractivity contribution in [3.05, 3.63) is 71.8 Å². The van der Waals surface area contributed by atoms with Gasteiger partial charge in [-0.05, 0) is 24.0 Å². The van der Waals surface area contributed by atoms with E-state index in [0.717, 1.165) is 5.56 Å². The maximum atomic E-state index is 12.1. The molecule has 2 atom stereocenters. The first kappa shape index (κ1) is 14.3. The zero-order valence-corrected chi connectivity index (χ0v) is 12.0. The van der Waals surface area contributed by atoms with E-state index in [2.05, 4.69) is 24.4 Å². The molecule has 0 aliphatic carbocycles. The molecule has 0 aromatic heterocycles. The summed E-state index contributed by atoms with van der Waals surface area (Å²) in [6.07, 6.45) is 0.515. The molecule has 0 aliphatic rings. The van der Waals surface area contributed by atoms with Crippen LogP contribution in [-0.4, -0.2) is 5.91 Å². The molecule has 0 unspecified atom stereocenters. The zero-order valence-electron chi connectivity index (χ0n) is 12.0. The monoisotopic (exact) mass is 267 g/mol. The molecule has 1 amide bonds. The Bertz CT molecular complexity index is 486. The number of amides is 1. The highest BCUT2D eigenvalue weighted by atomic mass is 16.1. The highest BCUT2D eigenvalue weighted by molar-refractivity contribution is 5.77. The van der Waals surface area contributed by atoms with Crippen LogP contribution < -0.4 is 5.32 Å². The Balaban J connectivity index is 1.90. The lowest BCUT2D eigenvalue weighted by molar-refractivity contribution is -0.122. The molecular weight excluding hydrogens is 246 g/mol. The number of hydrogen-bond donors (Lipinski definition) is 1. The fourth-order valence-electron chi connectivity index (χ4n) is 2.30. The summed E-state index contributed by atoms with van der Waals surface area (Å²) in [6.45, 7) is 4.10. The molecule has 2 aromatic carbocycles. The van der Waals surface area contributed by atoms with Crippen LogP contribution in [0.1, 0.15) is 43.4 Å². The summed E-state index contributed by atoms with van der Waals surface area (Å²) in [4.78, 5) is 12.1. The summed E-state index contributed by atoms with van der Waals surface area (Å²) < 4.78 is 0. The molecule has 0 aliphatic heterocycles. The summed E-state index contributed by atoms with van der Waals surface area (Å²) in [5.74, 6) is 0.330. The smallest absolute Gasteiger partial charge is 0.221 e. The molecule has 0 saturated heterocycles. The Morgan fingerprint density at radius 3 is 1.95 bits per heavy atom. The van der Waals surface area contributed by atoms with E-state index in [1.165, 1.54) is 5.56 Å². The lowest BCUT2D eigenvalue weighted by Gasteiger charge is -2.17. The van der Waals surface area contributed by atoms with Crippen LogP contribution in [0.2, 0.25) is 0 Å². The lowest BCUT2D eigenvalue weighted by atomic mass is 9.97. The molecule has 0 fully saturated rings. The molecule has 0 bridgehead atoms. The van der Waals surface area contributed by atoms with Crippen molar-refractivity contribution in [3.8, 4) is 0 Å². The lowest BCUT2D eigenvalue weighted by Crippen LogP contribution is -2.27. The van der Waals surface area contributed by atoms with Crippen LogP contribution in [0, 0.1) is 0 Å². The molecule has 1 N–H and O–H groups in total. The van der Waals surface area contributed by atoms with Crippen molar-refractivity contribution in [2.75, 3.05) is 0 Å². The van der Waals surface area contributed by atoms with Crippen LogP contribution in [0.5, 0.6) is 0 Å². The third kappa shape index (κ3) is 3.95. The first-order valence-electron chi connectivity index (χ1n) is 7.06. The van der Waals surface area contributed by atoms with Crippen molar-refractivity contribution in [2.24, 2.45) is 0 Å². The van der Waals surface area contributed by atoms with E-state index in [0.29, 0.717) is 6.42 Å². The number of rotatable bonds is 5. The fraction of sp³-hybridized carbons (Fsp3) is 0.278. The molecule has 20 heavy (non-hydrogen) atoms. The van der Waals surface area contributed by atoms with Crippen LogP contribution in [0.25, 0.3) is 0 Å². The van der Waals surface area contributed by atoms with Crippen molar-refractivity contribution < 1.29 is 4.79 Å². The Hall–Kier alpha value is -2.09. The van der Waals surface area contributed by atoms with Crippen LogP contribution >= 0.6 is 0 Å². The first-order chi connectivity index (χ1) is 9.66. The third-order valence-electron chi connectivity index (χ3n) is 3.54. The molecule has 0 heterocycles. The van der Waals surface area contributed by atoms with Gasteiger partial charge in [0.25, 0.3) is 0 Å². The summed E-state index contributed by atoms with van der Waals surface area (Å²) in [7, 11) is 0. The number of nitrogens with one attached hydrogen (secondary N) is 1. The van der Waals surface area contributed by atoms with E-state index in [1.807, 2.05) is 55.5 Å². The third-order valence-corrected chi connectivity index (χ3v) is 3.54. The van der Waals surface area contributed by atoms with E-state index < -0.39 is 0 Å². The Morgan fingerprint density at radius 1 is 0.900 bits per heavy atom. The second-order valence-corrected chi connectivity index (χ2v) is 5.22. The van der Waals surface area contributed by atoms with Crippen molar-refractivity contribution in [2.45, 2.75) is 32.2 Å². The quantitative estimate of drug-likeness (QED) is 0.869. The summed E-state index contributed by atoms with van der Waals surface area (Å²) in [6, 6.07) is 20.2. The van der Waals surface area contributed by atoms with E-state index in [9.17, 15) is 4.79 Å². The van der Waals surface area contributed by atoms with Crippen molar-refractivity contribution >= 4 is 5.91 Å². The Kier molecular flexibility index (Phi) is 4.94. The van der Waals surface area contributed by atoms with Gasteiger partial charge in [0, 0.05) is 6.42 Å². The highest BCUT2D eigenvalue weighted by Gasteiger charge is 2.13. The van der Waals surface area contributed by atoms with Crippen LogP contribution in [-0.2, 0) is 4.79 Å². The Morgan fingerprint density at radius 2 is 1.40 bits per heavy atom. The van der Waals surface area contributed by atoms with Gasteiger partial charge in [0.15, 0.2) is 0 Å². The minimum Gasteiger partial charge on any atom is -0.350 e. The van der Waals surface area contributed by atoms with Gasteiger partial charge in [-0.3, -0.25) is 4.79 Å². The zero-order chi connectivity index (χ0) is 14.4. The predicted octanol–water partition coefficient (Wildman–Crippen LogP) is 4.06. The van der Waals surface area contributed by atoms with Gasteiger partial charge in [0.05, 0.1) is 6.04 Å². The van der Waals surface area contributed by atoms with Gasteiger partial charge in [-0.2, -0.15) is 0 Å². The summed E-state index contributed by atoms with van der Waals surface area (Å²) >= 11 is 0. The number of carbonyl (C=O) groups is 1. The number of hydrogen-bond acceptors (Lipinski definition) is 1. The second-order valence-electron chi connectivity index (χ2n) is 5.22. The summed E-state index contributed by atoms with van der Waals surface area (Å²) in [5, 5.41) is 3.06. The van der Waals surface area contributed by atoms with Crippen molar-refractivity contribution in [1.82, 2.24) is 5.32 Å². The maximum absolute atomic E-state index is 12.1. The molecular formula is C18H21NO. The minimum atomic E-state index is 0.0478. The molecule has 0 spiro atoms. The molecule has 2 rings (SSSR count). The SMILES string of the molecule is C[C@@H](CC(=O)N[C@H](C)c1ccccc1)c1ccccc1. The molecule has 2 nitrogen and oxygen atoms in total. The molecule has 0 saturated carbocycles. The summed E-state index contributed by atoms with van der Waals surface area (Å²) in [5.41, 5.74) is 2.34. The van der Waals surface area contributed by atoms with E-state index >= 15 is 0 Å². The predicted molar refractivity (Wildman–Crippen MR) is 82.5 cm³/mol. The van der Waals surface area contributed by atoms with Crippen LogP contribution in [0.15, 0.2) is 60.7 Å². The van der Waals surface area contributed by atoms with Crippen LogP contribution in [0.4, 0.5) is 0 Å². The van der Waals surface area contributed by atoms with Gasteiger partial charge in [-0.25, -0.2) is 0 Å². The van der Waals surface area contributed by atoms with Crippen molar-refractivity contribution in [3.63, 3.8) is 0 Å². The number of carbonyl (C=O) groups excluding carboxylic acids is 1. The largest absolute Gasteiger partial charge is 0.350 e. The van der Waals surface area contributed by atoms with Crippen molar-refractivity contribution in [1.29, 1.82) is 0 Å². The standard InChI is InChI=1S/C18H21NO/c1-14(16-9-5-3-6-10-16)13-18(20)19-15(2)17-11-7-4-8-12-17/h3-12,14-15H,13H2,1-2H3,(H,19,20)/t14-,15+/m0/s1.